The number of rotatable bonds is 7. The maximum absolute atomic E-state index is 11.7. The molecule has 0 N–H and O–H groups in total. The average molecular weight is 272 g/mol. The first-order valence-corrected chi connectivity index (χ1v) is 6.24. The van der Waals surface area contributed by atoms with Gasteiger partial charge < -0.3 is 4.74 Å². The molecule has 4 heteroatoms. The molecule has 0 aliphatic rings. The van der Waals surface area contributed by atoms with Crippen LogP contribution >= 0.6 is 12.4 Å². The molecule has 1 aromatic rings. The van der Waals surface area contributed by atoms with E-state index in [4.69, 9.17) is 4.74 Å². The predicted octanol–water partition coefficient (Wildman–Crippen LogP) is 3.14. The molecule has 0 spiro atoms. The summed E-state index contributed by atoms with van der Waals surface area (Å²) in [6, 6.07) is 9.20. The number of likely N-dealkylation sites (N-methyl/N-ethyl adjacent to an activating group) is 1. The third-order valence-electron chi connectivity index (χ3n) is 2.60. The molecule has 0 aliphatic heterocycles. The smallest absolute Gasteiger partial charge is 0.325 e. The van der Waals surface area contributed by atoms with E-state index in [-0.39, 0.29) is 18.4 Å². The number of benzene rings is 1. The molecule has 0 aliphatic carbocycles. The first-order chi connectivity index (χ1) is 8.26. The second kappa shape index (κ2) is 9.92. The van der Waals surface area contributed by atoms with Gasteiger partial charge in [0.05, 0.1) is 6.54 Å². The third kappa shape index (κ3) is 6.62. The van der Waals surface area contributed by atoms with Crippen LogP contribution in [0.3, 0.4) is 0 Å². The highest BCUT2D eigenvalue weighted by atomic mass is 35.5. The molecule has 0 saturated carbocycles. The highest BCUT2D eigenvalue weighted by Crippen LogP contribution is 2.08. The minimum Gasteiger partial charge on any atom is -0.426 e. The molecule has 0 unspecified atom stereocenters. The Bertz CT molecular complexity index is 330. The first-order valence-electron chi connectivity index (χ1n) is 6.24. The molecule has 0 saturated heterocycles. The van der Waals surface area contributed by atoms with Crippen LogP contribution in [0, 0.1) is 0 Å². The SMILES string of the molecule is CCCCN(CC)CC(=O)Oc1ccccc1.Cl. The largest absolute Gasteiger partial charge is 0.426 e. The van der Waals surface area contributed by atoms with Crippen molar-refractivity contribution in [1.29, 1.82) is 0 Å². The highest BCUT2D eigenvalue weighted by molar-refractivity contribution is 5.85. The molecule has 18 heavy (non-hydrogen) atoms. The number of esters is 1. The van der Waals surface area contributed by atoms with Crippen LogP contribution in [0.1, 0.15) is 26.7 Å². The topological polar surface area (TPSA) is 29.5 Å². The highest BCUT2D eigenvalue weighted by Gasteiger charge is 2.10. The molecule has 1 aromatic carbocycles. The Kier molecular flexibility index (Phi) is 9.33. The van der Waals surface area contributed by atoms with E-state index in [9.17, 15) is 4.79 Å². The summed E-state index contributed by atoms with van der Waals surface area (Å²) in [7, 11) is 0. The zero-order valence-corrected chi connectivity index (χ0v) is 11.9. The van der Waals surface area contributed by atoms with E-state index < -0.39 is 0 Å². The van der Waals surface area contributed by atoms with Gasteiger partial charge >= 0.3 is 5.97 Å². The van der Waals surface area contributed by atoms with Crippen LogP contribution < -0.4 is 4.74 Å². The fourth-order valence-corrected chi connectivity index (χ4v) is 1.57. The second-order valence-electron chi connectivity index (χ2n) is 4.01. The lowest BCUT2D eigenvalue weighted by molar-refractivity contribution is -0.135. The van der Waals surface area contributed by atoms with E-state index in [0.29, 0.717) is 12.3 Å². The van der Waals surface area contributed by atoms with Crippen molar-refractivity contribution in [3.63, 3.8) is 0 Å². The van der Waals surface area contributed by atoms with Crippen LogP contribution in [0.15, 0.2) is 30.3 Å². The molecule has 0 amide bonds. The lowest BCUT2D eigenvalue weighted by atomic mass is 10.3. The normalized spacial score (nSPS) is 9.94. The van der Waals surface area contributed by atoms with Crippen molar-refractivity contribution in [2.75, 3.05) is 19.6 Å². The summed E-state index contributed by atoms with van der Waals surface area (Å²) >= 11 is 0. The van der Waals surface area contributed by atoms with E-state index in [2.05, 4.69) is 18.7 Å². The van der Waals surface area contributed by atoms with Crippen molar-refractivity contribution in [1.82, 2.24) is 4.90 Å². The Hall–Kier alpha value is -1.06. The number of carbonyl (C=O) groups is 1. The fourth-order valence-electron chi connectivity index (χ4n) is 1.57. The number of carbonyl (C=O) groups excluding carboxylic acids is 1. The van der Waals surface area contributed by atoms with Crippen LogP contribution in [-0.2, 0) is 4.79 Å². The summed E-state index contributed by atoms with van der Waals surface area (Å²) in [6.45, 7) is 6.41. The monoisotopic (exact) mass is 271 g/mol. The maximum Gasteiger partial charge on any atom is 0.325 e. The molecule has 0 radical (unpaired) electrons. The molecule has 1 rings (SSSR count). The number of hydrogen-bond acceptors (Lipinski definition) is 3. The van der Waals surface area contributed by atoms with Gasteiger partial charge in [-0.15, -0.1) is 12.4 Å². The van der Waals surface area contributed by atoms with Gasteiger partial charge in [-0.05, 0) is 31.6 Å². The molecule has 0 bridgehead atoms. The Labute approximate surface area is 116 Å². The molecular formula is C14H22ClNO2. The molecule has 0 aromatic heterocycles. The number of halogens is 1. The Morgan fingerprint density at radius 1 is 1.22 bits per heavy atom. The van der Waals surface area contributed by atoms with Gasteiger partial charge in [-0.25, -0.2) is 0 Å². The van der Waals surface area contributed by atoms with Gasteiger partial charge in [-0.1, -0.05) is 38.5 Å². The van der Waals surface area contributed by atoms with Crippen LogP contribution in [0.4, 0.5) is 0 Å². The quantitative estimate of drug-likeness (QED) is 0.564. The molecule has 0 heterocycles. The lowest BCUT2D eigenvalue weighted by Crippen LogP contribution is -2.32. The van der Waals surface area contributed by atoms with Crippen LogP contribution in [0.5, 0.6) is 5.75 Å². The molecule has 3 nitrogen and oxygen atoms in total. The van der Waals surface area contributed by atoms with Gasteiger partial charge in [0.25, 0.3) is 0 Å². The van der Waals surface area contributed by atoms with Crippen molar-refractivity contribution in [2.45, 2.75) is 26.7 Å². The fraction of sp³-hybridized carbons (Fsp3) is 0.500. The van der Waals surface area contributed by atoms with Gasteiger partial charge in [0, 0.05) is 0 Å². The minimum absolute atomic E-state index is 0. The number of para-hydroxylation sites is 1. The Balaban J connectivity index is 0.00000289. The minimum atomic E-state index is -0.186. The van der Waals surface area contributed by atoms with Crippen LogP contribution in [0.25, 0.3) is 0 Å². The predicted molar refractivity (Wildman–Crippen MR) is 76.3 cm³/mol. The first kappa shape index (κ1) is 16.9. The summed E-state index contributed by atoms with van der Waals surface area (Å²) in [6.07, 6.45) is 2.26. The van der Waals surface area contributed by atoms with Crippen molar-refractivity contribution in [3.05, 3.63) is 30.3 Å². The standard InChI is InChI=1S/C14H21NO2.ClH/c1-3-5-11-15(4-2)12-14(16)17-13-9-7-6-8-10-13;/h6-10H,3-5,11-12H2,1-2H3;1H. The van der Waals surface area contributed by atoms with E-state index in [0.717, 1.165) is 25.9 Å². The van der Waals surface area contributed by atoms with E-state index in [1.807, 2.05) is 18.2 Å². The van der Waals surface area contributed by atoms with Gasteiger partial charge in [0.1, 0.15) is 5.75 Å². The van der Waals surface area contributed by atoms with E-state index >= 15 is 0 Å². The number of nitrogens with zero attached hydrogens (tertiary/aromatic N) is 1. The zero-order valence-electron chi connectivity index (χ0n) is 11.1. The summed E-state index contributed by atoms with van der Waals surface area (Å²) in [5, 5.41) is 0. The maximum atomic E-state index is 11.7. The third-order valence-corrected chi connectivity index (χ3v) is 2.60. The summed E-state index contributed by atoms with van der Waals surface area (Å²) in [4.78, 5) is 13.8. The zero-order chi connectivity index (χ0) is 12.5. The molecule has 0 fully saturated rings. The van der Waals surface area contributed by atoms with Gasteiger partial charge in [0.15, 0.2) is 0 Å². The number of hydrogen-bond donors (Lipinski definition) is 0. The van der Waals surface area contributed by atoms with Crippen molar-refractivity contribution >= 4 is 18.4 Å². The van der Waals surface area contributed by atoms with Crippen molar-refractivity contribution in [3.8, 4) is 5.75 Å². The van der Waals surface area contributed by atoms with Crippen molar-refractivity contribution in [2.24, 2.45) is 0 Å². The number of ether oxygens (including phenoxy) is 1. The second-order valence-corrected chi connectivity index (χ2v) is 4.01. The van der Waals surface area contributed by atoms with Crippen LogP contribution in [0.2, 0.25) is 0 Å². The number of unbranched alkanes of at least 4 members (excludes halogenated alkanes) is 1. The molecule has 0 atom stereocenters. The Morgan fingerprint density at radius 2 is 1.89 bits per heavy atom. The Morgan fingerprint density at radius 3 is 2.44 bits per heavy atom. The van der Waals surface area contributed by atoms with Gasteiger partial charge in [0.2, 0.25) is 0 Å². The van der Waals surface area contributed by atoms with Crippen molar-refractivity contribution < 1.29 is 9.53 Å². The van der Waals surface area contributed by atoms with E-state index in [1.54, 1.807) is 12.1 Å². The summed E-state index contributed by atoms with van der Waals surface area (Å²) < 4.78 is 5.25. The molecule has 102 valence electrons. The van der Waals surface area contributed by atoms with Gasteiger partial charge in [-0.2, -0.15) is 0 Å². The average Bonchev–Trinajstić information content (AvgIpc) is 2.35. The van der Waals surface area contributed by atoms with Crippen LogP contribution in [-0.4, -0.2) is 30.5 Å². The van der Waals surface area contributed by atoms with E-state index in [1.165, 1.54) is 0 Å². The summed E-state index contributed by atoms with van der Waals surface area (Å²) in [5.41, 5.74) is 0. The lowest BCUT2D eigenvalue weighted by Gasteiger charge is -2.18. The summed E-state index contributed by atoms with van der Waals surface area (Å²) in [5.74, 6) is 0.429. The van der Waals surface area contributed by atoms with Gasteiger partial charge in [-0.3, -0.25) is 9.69 Å². The molecular weight excluding hydrogens is 250 g/mol.